The molecule has 0 bridgehead atoms. The van der Waals surface area contributed by atoms with Crippen LogP contribution in [0.15, 0.2) is 60.9 Å². The van der Waals surface area contributed by atoms with Crippen molar-refractivity contribution in [3.05, 3.63) is 72.1 Å². The number of hydrogen-bond donors (Lipinski definition) is 0. The number of hydrogen-bond acceptors (Lipinski definition) is 3. The topological polar surface area (TPSA) is 55.2 Å². The van der Waals surface area contributed by atoms with Crippen LogP contribution in [0.25, 0.3) is 11.1 Å². The van der Waals surface area contributed by atoms with Gasteiger partial charge >= 0.3 is 0 Å². The van der Waals surface area contributed by atoms with E-state index in [0.29, 0.717) is 16.8 Å². The van der Waals surface area contributed by atoms with E-state index in [-0.39, 0.29) is 11.8 Å². The van der Waals surface area contributed by atoms with Crippen LogP contribution in [-0.2, 0) is 7.05 Å². The summed E-state index contributed by atoms with van der Waals surface area (Å²) >= 11 is 0. The fourth-order valence-corrected chi connectivity index (χ4v) is 2.80. The van der Waals surface area contributed by atoms with Crippen molar-refractivity contribution in [2.75, 3.05) is 4.90 Å². The Morgan fingerprint density at radius 2 is 1.43 bits per heavy atom. The molecule has 0 atom stereocenters. The highest BCUT2D eigenvalue weighted by Crippen LogP contribution is 2.29. The second kappa shape index (κ2) is 4.91. The molecule has 0 saturated heterocycles. The molecule has 0 radical (unpaired) electrons. The van der Waals surface area contributed by atoms with E-state index in [0.717, 1.165) is 11.1 Å². The zero-order valence-corrected chi connectivity index (χ0v) is 12.4. The molecule has 1 aromatic heterocycles. The molecule has 2 amide bonds. The van der Waals surface area contributed by atoms with Crippen LogP contribution in [0.5, 0.6) is 0 Å². The van der Waals surface area contributed by atoms with Gasteiger partial charge in [-0.15, -0.1) is 0 Å². The predicted octanol–water partition coefficient (Wildman–Crippen LogP) is 2.89. The first-order valence-corrected chi connectivity index (χ1v) is 7.22. The molecule has 2 heterocycles. The Morgan fingerprint density at radius 1 is 0.826 bits per heavy atom. The van der Waals surface area contributed by atoms with Crippen LogP contribution in [0, 0.1) is 0 Å². The largest absolute Gasteiger partial charge is 0.275 e. The summed E-state index contributed by atoms with van der Waals surface area (Å²) in [4.78, 5) is 26.1. The quantitative estimate of drug-likeness (QED) is 0.684. The maximum atomic E-state index is 12.5. The standard InChI is InChI=1S/C18H13N3O2/c1-20-11-13(10-19-20)12-6-8-14(9-7-12)21-17(22)15-4-2-3-5-16(15)18(21)23/h2-11H,1H3. The van der Waals surface area contributed by atoms with Crippen LogP contribution in [-0.4, -0.2) is 21.6 Å². The Labute approximate surface area is 132 Å². The molecule has 4 rings (SSSR count). The highest BCUT2D eigenvalue weighted by molar-refractivity contribution is 6.34. The maximum absolute atomic E-state index is 12.5. The molecule has 3 aromatic rings. The molecule has 0 aliphatic carbocycles. The van der Waals surface area contributed by atoms with Gasteiger partial charge in [0.15, 0.2) is 0 Å². The summed E-state index contributed by atoms with van der Waals surface area (Å²) in [6.45, 7) is 0. The number of aryl methyl sites for hydroxylation is 1. The van der Waals surface area contributed by atoms with E-state index in [4.69, 9.17) is 0 Å². The minimum Gasteiger partial charge on any atom is -0.275 e. The highest BCUT2D eigenvalue weighted by atomic mass is 16.2. The first kappa shape index (κ1) is 13.5. The van der Waals surface area contributed by atoms with Gasteiger partial charge < -0.3 is 0 Å². The molecule has 112 valence electrons. The summed E-state index contributed by atoms with van der Waals surface area (Å²) < 4.78 is 1.73. The molecule has 2 aromatic carbocycles. The lowest BCUT2D eigenvalue weighted by Crippen LogP contribution is -2.29. The average Bonchev–Trinajstić information content (AvgIpc) is 3.11. The SMILES string of the molecule is Cn1cc(-c2ccc(N3C(=O)c4ccccc4C3=O)cc2)cn1. The van der Waals surface area contributed by atoms with Crippen molar-refractivity contribution < 1.29 is 9.59 Å². The van der Waals surface area contributed by atoms with Crippen molar-refractivity contribution in [1.82, 2.24) is 9.78 Å². The molecule has 1 aliphatic rings. The smallest absolute Gasteiger partial charge is 0.266 e. The van der Waals surface area contributed by atoms with Gasteiger partial charge in [0, 0.05) is 18.8 Å². The molecular weight excluding hydrogens is 290 g/mol. The summed E-state index contributed by atoms with van der Waals surface area (Å²) in [5, 5.41) is 4.14. The lowest BCUT2D eigenvalue weighted by atomic mass is 10.1. The van der Waals surface area contributed by atoms with Gasteiger partial charge in [-0.3, -0.25) is 14.3 Å². The van der Waals surface area contributed by atoms with Gasteiger partial charge in [0.25, 0.3) is 11.8 Å². The summed E-state index contributed by atoms with van der Waals surface area (Å²) in [5.41, 5.74) is 3.45. The predicted molar refractivity (Wildman–Crippen MR) is 86.2 cm³/mol. The van der Waals surface area contributed by atoms with E-state index >= 15 is 0 Å². The van der Waals surface area contributed by atoms with Gasteiger partial charge in [-0.05, 0) is 29.8 Å². The van der Waals surface area contributed by atoms with E-state index in [1.54, 1.807) is 47.3 Å². The van der Waals surface area contributed by atoms with E-state index < -0.39 is 0 Å². The molecular formula is C18H13N3O2. The van der Waals surface area contributed by atoms with Crippen LogP contribution in [0.2, 0.25) is 0 Å². The van der Waals surface area contributed by atoms with Crippen molar-refractivity contribution >= 4 is 17.5 Å². The van der Waals surface area contributed by atoms with Crippen molar-refractivity contribution in [3.63, 3.8) is 0 Å². The Balaban J connectivity index is 1.70. The van der Waals surface area contributed by atoms with Crippen molar-refractivity contribution in [2.45, 2.75) is 0 Å². The summed E-state index contributed by atoms with van der Waals surface area (Å²) in [5.74, 6) is -0.556. The molecule has 0 fully saturated rings. The summed E-state index contributed by atoms with van der Waals surface area (Å²) in [6.07, 6.45) is 3.69. The molecule has 0 unspecified atom stereocenters. The molecule has 0 spiro atoms. The molecule has 5 nitrogen and oxygen atoms in total. The van der Waals surface area contributed by atoms with E-state index in [1.165, 1.54) is 4.90 Å². The van der Waals surface area contributed by atoms with Gasteiger partial charge in [-0.25, -0.2) is 4.90 Å². The Hall–Kier alpha value is -3.21. The lowest BCUT2D eigenvalue weighted by Gasteiger charge is -2.14. The van der Waals surface area contributed by atoms with E-state index in [9.17, 15) is 9.59 Å². The third-order valence-electron chi connectivity index (χ3n) is 3.96. The monoisotopic (exact) mass is 303 g/mol. The van der Waals surface area contributed by atoms with Crippen LogP contribution in [0.4, 0.5) is 5.69 Å². The second-order valence-corrected chi connectivity index (χ2v) is 5.44. The van der Waals surface area contributed by atoms with E-state index in [2.05, 4.69) is 5.10 Å². The second-order valence-electron chi connectivity index (χ2n) is 5.44. The number of carbonyl (C=O) groups is 2. The van der Waals surface area contributed by atoms with Crippen molar-refractivity contribution in [1.29, 1.82) is 0 Å². The number of anilines is 1. The molecule has 0 saturated carbocycles. The van der Waals surface area contributed by atoms with Gasteiger partial charge in [0.1, 0.15) is 0 Å². The summed E-state index contributed by atoms with van der Waals surface area (Å²) in [6, 6.07) is 14.2. The lowest BCUT2D eigenvalue weighted by molar-refractivity contribution is 0.0926. The third kappa shape index (κ3) is 2.05. The fourth-order valence-electron chi connectivity index (χ4n) is 2.80. The number of fused-ring (bicyclic) bond motifs is 1. The van der Waals surface area contributed by atoms with Crippen LogP contribution in [0.3, 0.4) is 0 Å². The Bertz CT molecular complexity index is 890. The highest BCUT2D eigenvalue weighted by Gasteiger charge is 2.36. The van der Waals surface area contributed by atoms with Crippen molar-refractivity contribution in [2.24, 2.45) is 7.05 Å². The van der Waals surface area contributed by atoms with Crippen molar-refractivity contribution in [3.8, 4) is 11.1 Å². The molecule has 5 heteroatoms. The number of rotatable bonds is 2. The number of carbonyl (C=O) groups excluding carboxylic acids is 2. The minimum absolute atomic E-state index is 0.278. The molecule has 1 aliphatic heterocycles. The van der Waals surface area contributed by atoms with Gasteiger partial charge in [-0.2, -0.15) is 5.10 Å². The number of imide groups is 1. The number of nitrogens with zero attached hydrogens (tertiary/aromatic N) is 3. The number of amides is 2. The minimum atomic E-state index is -0.278. The maximum Gasteiger partial charge on any atom is 0.266 e. The zero-order valence-electron chi connectivity index (χ0n) is 12.4. The van der Waals surface area contributed by atoms with Crippen LogP contribution in [0.1, 0.15) is 20.7 Å². The van der Waals surface area contributed by atoms with Crippen LogP contribution < -0.4 is 4.90 Å². The van der Waals surface area contributed by atoms with Gasteiger partial charge in [0.2, 0.25) is 0 Å². The van der Waals surface area contributed by atoms with Gasteiger partial charge in [0.05, 0.1) is 23.0 Å². The fraction of sp³-hybridized carbons (Fsp3) is 0.0556. The molecule has 23 heavy (non-hydrogen) atoms. The third-order valence-corrected chi connectivity index (χ3v) is 3.96. The summed E-state index contributed by atoms with van der Waals surface area (Å²) in [7, 11) is 1.86. The average molecular weight is 303 g/mol. The van der Waals surface area contributed by atoms with E-state index in [1.807, 2.05) is 25.4 Å². The Morgan fingerprint density at radius 3 is 1.96 bits per heavy atom. The first-order chi connectivity index (χ1) is 11.1. The number of aromatic nitrogens is 2. The zero-order chi connectivity index (χ0) is 16.0. The van der Waals surface area contributed by atoms with Gasteiger partial charge in [-0.1, -0.05) is 24.3 Å². The number of benzene rings is 2. The molecule has 0 N–H and O–H groups in total. The Kier molecular flexibility index (Phi) is 2.87. The normalized spacial score (nSPS) is 13.5. The first-order valence-electron chi connectivity index (χ1n) is 7.22. The van der Waals surface area contributed by atoms with Crippen LogP contribution >= 0.6 is 0 Å².